The molecule has 2 atom stereocenters. The van der Waals surface area contributed by atoms with Gasteiger partial charge in [0, 0.05) is 6.54 Å². The van der Waals surface area contributed by atoms with Crippen LogP contribution in [0, 0.1) is 0 Å². The first kappa shape index (κ1) is 9.99. The van der Waals surface area contributed by atoms with Crippen LogP contribution in [0.4, 0.5) is 0 Å². The lowest BCUT2D eigenvalue weighted by Gasteiger charge is -2.02. The largest absolute Gasteiger partial charge is 0.430 e. The standard InChI is InChI=1S/C11H12N2O2S/c14-16(8-5-6-12-7-8)11-13-9-3-1-2-4-10(9)15-11/h1-4,8,12H,5-7H2/t8-,16-/m0/s1. The summed E-state index contributed by atoms with van der Waals surface area (Å²) in [7, 11) is -1.13. The van der Waals surface area contributed by atoms with Crippen LogP contribution in [0.1, 0.15) is 6.42 Å². The summed E-state index contributed by atoms with van der Waals surface area (Å²) in [5.41, 5.74) is 1.48. The third-order valence-corrected chi connectivity index (χ3v) is 4.29. The SMILES string of the molecule is O=[S@](c1nc2ccccc2o1)[C@H]1CCNC1. The lowest BCUT2D eigenvalue weighted by atomic mass is 10.3. The van der Waals surface area contributed by atoms with Crippen molar-refractivity contribution in [2.45, 2.75) is 16.9 Å². The van der Waals surface area contributed by atoms with E-state index in [1.807, 2.05) is 24.3 Å². The van der Waals surface area contributed by atoms with Gasteiger partial charge in [0.1, 0.15) is 16.3 Å². The molecule has 1 aromatic heterocycles. The number of nitrogens with one attached hydrogen (secondary N) is 1. The number of oxazole rings is 1. The average Bonchev–Trinajstić information content (AvgIpc) is 2.97. The number of hydrogen-bond donors (Lipinski definition) is 1. The average molecular weight is 236 g/mol. The fourth-order valence-corrected chi connectivity index (χ4v) is 3.14. The van der Waals surface area contributed by atoms with Crippen molar-refractivity contribution in [2.24, 2.45) is 0 Å². The normalized spacial score (nSPS) is 22.6. The molecule has 3 rings (SSSR count). The van der Waals surface area contributed by atoms with E-state index in [9.17, 15) is 4.21 Å². The number of para-hydroxylation sites is 2. The van der Waals surface area contributed by atoms with E-state index in [1.54, 1.807) is 0 Å². The lowest BCUT2D eigenvalue weighted by Crippen LogP contribution is -2.18. The fraction of sp³-hybridized carbons (Fsp3) is 0.364. The minimum atomic E-state index is -1.13. The van der Waals surface area contributed by atoms with Crippen molar-refractivity contribution in [3.05, 3.63) is 24.3 Å². The Hall–Kier alpha value is -1.20. The highest BCUT2D eigenvalue weighted by Gasteiger charge is 2.25. The molecule has 0 saturated carbocycles. The summed E-state index contributed by atoms with van der Waals surface area (Å²) >= 11 is 0. The molecule has 0 aliphatic carbocycles. The maximum absolute atomic E-state index is 12.1. The predicted octanol–water partition coefficient (Wildman–Crippen LogP) is 1.30. The summed E-state index contributed by atoms with van der Waals surface area (Å²) in [5, 5.41) is 3.68. The Balaban J connectivity index is 1.96. The third kappa shape index (κ3) is 1.66. The monoisotopic (exact) mass is 236 g/mol. The Bertz CT molecular complexity index is 499. The number of rotatable bonds is 2. The Labute approximate surface area is 95.5 Å². The molecule has 4 nitrogen and oxygen atoms in total. The maximum atomic E-state index is 12.1. The van der Waals surface area contributed by atoms with Gasteiger partial charge in [0.25, 0.3) is 5.22 Å². The lowest BCUT2D eigenvalue weighted by molar-refractivity contribution is 0.475. The minimum absolute atomic E-state index is 0.132. The highest BCUT2D eigenvalue weighted by atomic mass is 32.2. The van der Waals surface area contributed by atoms with E-state index in [0.29, 0.717) is 10.8 Å². The Kier molecular flexibility index (Phi) is 2.49. The number of nitrogens with zero attached hydrogens (tertiary/aromatic N) is 1. The van der Waals surface area contributed by atoms with Crippen LogP contribution >= 0.6 is 0 Å². The van der Waals surface area contributed by atoms with Crippen molar-refractivity contribution in [3.63, 3.8) is 0 Å². The van der Waals surface area contributed by atoms with Crippen molar-refractivity contribution in [1.82, 2.24) is 10.3 Å². The molecular formula is C11H12N2O2S. The van der Waals surface area contributed by atoms with Gasteiger partial charge >= 0.3 is 0 Å². The Morgan fingerprint density at radius 2 is 2.31 bits per heavy atom. The summed E-state index contributed by atoms with van der Waals surface area (Å²) < 4.78 is 17.6. The first-order valence-corrected chi connectivity index (χ1v) is 6.53. The molecule has 2 aromatic rings. The first-order valence-electron chi connectivity index (χ1n) is 5.31. The van der Waals surface area contributed by atoms with Crippen molar-refractivity contribution < 1.29 is 8.63 Å². The molecule has 1 aromatic carbocycles. The molecular weight excluding hydrogens is 224 g/mol. The van der Waals surface area contributed by atoms with Crippen molar-refractivity contribution in [2.75, 3.05) is 13.1 Å². The van der Waals surface area contributed by atoms with E-state index in [1.165, 1.54) is 0 Å². The zero-order valence-electron chi connectivity index (χ0n) is 8.68. The van der Waals surface area contributed by atoms with Crippen LogP contribution in [0.3, 0.4) is 0 Å². The molecule has 0 bridgehead atoms. The van der Waals surface area contributed by atoms with Crippen LogP contribution in [-0.2, 0) is 10.8 Å². The van der Waals surface area contributed by atoms with Crippen LogP contribution in [0.5, 0.6) is 0 Å². The molecule has 1 aliphatic rings. The zero-order valence-corrected chi connectivity index (χ0v) is 9.50. The number of fused-ring (bicyclic) bond motifs is 1. The van der Waals surface area contributed by atoms with Gasteiger partial charge < -0.3 is 9.73 Å². The van der Waals surface area contributed by atoms with E-state index >= 15 is 0 Å². The van der Waals surface area contributed by atoms with Gasteiger partial charge in [-0.3, -0.25) is 0 Å². The van der Waals surface area contributed by atoms with Gasteiger partial charge in [-0.15, -0.1) is 0 Å². The van der Waals surface area contributed by atoms with Crippen molar-refractivity contribution >= 4 is 21.9 Å². The topological polar surface area (TPSA) is 55.1 Å². The minimum Gasteiger partial charge on any atom is -0.430 e. The van der Waals surface area contributed by atoms with Crippen LogP contribution in [0.25, 0.3) is 11.1 Å². The molecule has 2 heterocycles. The van der Waals surface area contributed by atoms with Crippen molar-refractivity contribution in [3.8, 4) is 0 Å². The van der Waals surface area contributed by atoms with Gasteiger partial charge in [0.15, 0.2) is 5.58 Å². The molecule has 0 amide bonds. The second kappa shape index (κ2) is 3.99. The van der Waals surface area contributed by atoms with Gasteiger partial charge in [-0.1, -0.05) is 12.1 Å². The van der Waals surface area contributed by atoms with Gasteiger partial charge in [-0.2, -0.15) is 0 Å². The van der Waals surface area contributed by atoms with Crippen molar-refractivity contribution in [1.29, 1.82) is 0 Å². The zero-order chi connectivity index (χ0) is 11.0. The number of benzene rings is 1. The predicted molar refractivity (Wildman–Crippen MR) is 61.7 cm³/mol. The molecule has 1 N–H and O–H groups in total. The van der Waals surface area contributed by atoms with Gasteiger partial charge in [0.2, 0.25) is 0 Å². The molecule has 0 unspecified atom stereocenters. The van der Waals surface area contributed by atoms with Crippen LogP contribution in [0.15, 0.2) is 33.9 Å². The smallest absolute Gasteiger partial charge is 0.288 e. The number of hydrogen-bond acceptors (Lipinski definition) is 4. The summed E-state index contributed by atoms with van der Waals surface area (Å²) in [4.78, 5) is 4.26. The summed E-state index contributed by atoms with van der Waals surface area (Å²) in [6.07, 6.45) is 0.922. The second-order valence-electron chi connectivity index (χ2n) is 3.86. The van der Waals surface area contributed by atoms with E-state index in [2.05, 4.69) is 10.3 Å². The molecule has 84 valence electrons. The summed E-state index contributed by atoms with van der Waals surface area (Å²) in [5.74, 6) is 0. The third-order valence-electron chi connectivity index (χ3n) is 2.76. The summed E-state index contributed by atoms with van der Waals surface area (Å²) in [6, 6.07) is 7.49. The Morgan fingerprint density at radius 1 is 1.44 bits per heavy atom. The van der Waals surface area contributed by atoms with E-state index in [4.69, 9.17) is 4.42 Å². The first-order chi connectivity index (χ1) is 7.84. The van der Waals surface area contributed by atoms with Crippen LogP contribution in [-0.4, -0.2) is 27.5 Å². The quantitative estimate of drug-likeness (QED) is 0.854. The van der Waals surface area contributed by atoms with Gasteiger partial charge in [0.05, 0.1) is 5.25 Å². The van der Waals surface area contributed by atoms with E-state index < -0.39 is 10.8 Å². The molecule has 1 fully saturated rings. The highest BCUT2D eigenvalue weighted by Crippen LogP contribution is 2.20. The molecule has 1 aliphatic heterocycles. The van der Waals surface area contributed by atoms with Crippen LogP contribution < -0.4 is 5.32 Å². The number of aromatic nitrogens is 1. The molecule has 5 heteroatoms. The van der Waals surface area contributed by atoms with E-state index in [-0.39, 0.29) is 5.25 Å². The molecule has 16 heavy (non-hydrogen) atoms. The second-order valence-corrected chi connectivity index (χ2v) is 5.47. The molecule has 0 spiro atoms. The van der Waals surface area contributed by atoms with Crippen LogP contribution in [0.2, 0.25) is 0 Å². The summed E-state index contributed by atoms with van der Waals surface area (Å²) in [6.45, 7) is 1.71. The molecule has 1 saturated heterocycles. The van der Waals surface area contributed by atoms with Gasteiger partial charge in [-0.05, 0) is 25.1 Å². The molecule has 0 radical (unpaired) electrons. The Morgan fingerprint density at radius 3 is 3.06 bits per heavy atom. The fourth-order valence-electron chi connectivity index (χ4n) is 1.89. The van der Waals surface area contributed by atoms with Gasteiger partial charge in [-0.25, -0.2) is 9.19 Å². The van der Waals surface area contributed by atoms with E-state index in [0.717, 1.165) is 25.0 Å². The maximum Gasteiger partial charge on any atom is 0.288 e. The highest BCUT2D eigenvalue weighted by molar-refractivity contribution is 7.85.